The van der Waals surface area contributed by atoms with Crippen LogP contribution >= 0.6 is 22.9 Å². The zero-order chi connectivity index (χ0) is 23.6. The van der Waals surface area contributed by atoms with Crippen LogP contribution in [0.15, 0.2) is 67.0 Å². The van der Waals surface area contributed by atoms with Crippen molar-refractivity contribution in [1.29, 1.82) is 0 Å². The predicted molar refractivity (Wildman–Crippen MR) is 134 cm³/mol. The quantitative estimate of drug-likeness (QED) is 0.316. The molecule has 0 aliphatic heterocycles. The van der Waals surface area contributed by atoms with Crippen molar-refractivity contribution in [3.05, 3.63) is 82.8 Å². The van der Waals surface area contributed by atoms with Gasteiger partial charge in [-0.3, -0.25) is 4.98 Å². The van der Waals surface area contributed by atoms with Gasteiger partial charge in [-0.25, -0.2) is 14.2 Å². The number of rotatable bonds is 4. The van der Waals surface area contributed by atoms with E-state index in [0.717, 1.165) is 32.8 Å². The van der Waals surface area contributed by atoms with Gasteiger partial charge in [0, 0.05) is 34.1 Å². The van der Waals surface area contributed by atoms with Gasteiger partial charge >= 0.3 is 6.03 Å². The Hall–Kier alpha value is -3.29. The maximum atomic E-state index is 14.0. The molecular weight excluding hydrogens is 459 g/mol. The van der Waals surface area contributed by atoms with E-state index in [1.54, 1.807) is 29.8 Å². The lowest BCUT2D eigenvalue weighted by Crippen LogP contribution is -2.20. The van der Waals surface area contributed by atoms with E-state index in [2.05, 4.69) is 36.4 Å². The third kappa shape index (κ3) is 5.38. The Kier molecular flexibility index (Phi) is 6.44. The number of halogens is 2. The number of benzene rings is 2. The minimum absolute atomic E-state index is 0.0466. The SMILES string of the molecule is CC(C)(C)c1nc(-c2ccncc2)c(-c2cccc(NC(=O)Nc3ccc(Cl)cc3F)c2)s1. The molecule has 2 amide bonds. The highest BCUT2D eigenvalue weighted by molar-refractivity contribution is 7.15. The molecule has 33 heavy (non-hydrogen) atoms. The van der Waals surface area contributed by atoms with Crippen LogP contribution in [0.3, 0.4) is 0 Å². The molecule has 2 N–H and O–H groups in total. The van der Waals surface area contributed by atoms with Crippen LogP contribution in [-0.2, 0) is 5.41 Å². The van der Waals surface area contributed by atoms with Gasteiger partial charge in [0.05, 0.1) is 21.3 Å². The van der Waals surface area contributed by atoms with E-state index in [9.17, 15) is 9.18 Å². The maximum Gasteiger partial charge on any atom is 0.323 e. The summed E-state index contributed by atoms with van der Waals surface area (Å²) in [6, 6.07) is 14.9. The van der Waals surface area contributed by atoms with E-state index in [1.807, 2.05) is 30.3 Å². The van der Waals surface area contributed by atoms with Crippen molar-refractivity contribution < 1.29 is 9.18 Å². The number of aromatic nitrogens is 2. The number of urea groups is 1. The number of carbonyl (C=O) groups excluding carboxylic acids is 1. The molecule has 0 bridgehead atoms. The molecule has 0 unspecified atom stereocenters. The molecule has 2 aromatic carbocycles. The average molecular weight is 481 g/mol. The molecular formula is C25H22ClFN4OS. The van der Waals surface area contributed by atoms with Crippen molar-refractivity contribution in [3.8, 4) is 21.7 Å². The van der Waals surface area contributed by atoms with Crippen LogP contribution in [-0.4, -0.2) is 16.0 Å². The zero-order valence-corrected chi connectivity index (χ0v) is 19.9. The van der Waals surface area contributed by atoms with Gasteiger partial charge in [-0.1, -0.05) is 44.5 Å². The first kappa shape index (κ1) is 22.9. The van der Waals surface area contributed by atoms with Gasteiger partial charge in [0.2, 0.25) is 0 Å². The molecule has 0 aliphatic rings. The van der Waals surface area contributed by atoms with Crippen LogP contribution < -0.4 is 10.6 Å². The van der Waals surface area contributed by atoms with Crippen molar-refractivity contribution in [2.45, 2.75) is 26.2 Å². The average Bonchev–Trinajstić information content (AvgIpc) is 3.23. The number of hydrogen-bond acceptors (Lipinski definition) is 4. The van der Waals surface area contributed by atoms with Gasteiger partial charge in [-0.05, 0) is 48.0 Å². The number of hydrogen-bond donors (Lipinski definition) is 2. The Morgan fingerprint density at radius 3 is 2.45 bits per heavy atom. The summed E-state index contributed by atoms with van der Waals surface area (Å²) in [5.74, 6) is -0.604. The molecule has 0 saturated heterocycles. The van der Waals surface area contributed by atoms with Gasteiger partial charge in [0.25, 0.3) is 0 Å². The van der Waals surface area contributed by atoms with Gasteiger partial charge in [-0.15, -0.1) is 11.3 Å². The van der Waals surface area contributed by atoms with Gasteiger partial charge in [0.1, 0.15) is 5.82 Å². The number of carbonyl (C=O) groups is 1. The summed E-state index contributed by atoms with van der Waals surface area (Å²) < 4.78 is 14.0. The molecule has 0 atom stereocenters. The molecule has 4 rings (SSSR count). The fourth-order valence-electron chi connectivity index (χ4n) is 3.16. The molecule has 0 radical (unpaired) electrons. The molecule has 5 nitrogen and oxygen atoms in total. The molecule has 0 saturated carbocycles. The van der Waals surface area contributed by atoms with Gasteiger partial charge in [-0.2, -0.15) is 0 Å². The summed E-state index contributed by atoms with van der Waals surface area (Å²) in [4.78, 5) is 22.5. The lowest BCUT2D eigenvalue weighted by Gasteiger charge is -2.13. The van der Waals surface area contributed by atoms with Crippen molar-refractivity contribution in [1.82, 2.24) is 9.97 Å². The number of anilines is 2. The summed E-state index contributed by atoms with van der Waals surface area (Å²) in [6.07, 6.45) is 3.49. The second kappa shape index (κ2) is 9.29. The van der Waals surface area contributed by atoms with E-state index in [-0.39, 0.29) is 16.1 Å². The molecule has 4 aromatic rings. The molecule has 0 spiro atoms. The fraction of sp³-hybridized carbons (Fsp3) is 0.160. The summed E-state index contributed by atoms with van der Waals surface area (Å²) in [6.45, 7) is 6.39. The number of thiazole rings is 1. The van der Waals surface area contributed by atoms with Crippen molar-refractivity contribution in [3.63, 3.8) is 0 Å². The zero-order valence-electron chi connectivity index (χ0n) is 18.3. The Bertz CT molecular complexity index is 1300. The Morgan fingerprint density at radius 2 is 1.76 bits per heavy atom. The number of amides is 2. The van der Waals surface area contributed by atoms with Crippen LogP contribution in [0, 0.1) is 5.82 Å². The van der Waals surface area contributed by atoms with Crippen molar-refractivity contribution in [2.75, 3.05) is 10.6 Å². The van der Waals surface area contributed by atoms with Crippen LogP contribution in [0.25, 0.3) is 21.7 Å². The molecule has 168 valence electrons. The Morgan fingerprint density at radius 1 is 1.00 bits per heavy atom. The van der Waals surface area contributed by atoms with Gasteiger partial charge in [0.15, 0.2) is 0 Å². The van der Waals surface area contributed by atoms with E-state index in [1.165, 1.54) is 12.1 Å². The Balaban J connectivity index is 1.63. The van der Waals surface area contributed by atoms with Crippen LogP contribution in [0.5, 0.6) is 0 Å². The largest absolute Gasteiger partial charge is 0.323 e. The van der Waals surface area contributed by atoms with E-state index in [0.29, 0.717) is 5.69 Å². The summed E-state index contributed by atoms with van der Waals surface area (Å²) in [7, 11) is 0. The second-order valence-electron chi connectivity index (χ2n) is 8.47. The highest BCUT2D eigenvalue weighted by atomic mass is 35.5. The first-order valence-corrected chi connectivity index (χ1v) is 11.5. The lowest BCUT2D eigenvalue weighted by molar-refractivity contribution is 0.262. The highest BCUT2D eigenvalue weighted by Gasteiger charge is 2.23. The van der Waals surface area contributed by atoms with Crippen molar-refractivity contribution >= 4 is 40.3 Å². The molecule has 0 fully saturated rings. The lowest BCUT2D eigenvalue weighted by atomic mass is 9.98. The topological polar surface area (TPSA) is 66.9 Å². The fourth-order valence-corrected chi connectivity index (χ4v) is 4.46. The monoisotopic (exact) mass is 480 g/mol. The first-order valence-electron chi connectivity index (χ1n) is 10.3. The third-order valence-electron chi connectivity index (χ3n) is 4.78. The summed E-state index contributed by atoms with van der Waals surface area (Å²) in [5, 5.41) is 6.54. The third-order valence-corrected chi connectivity index (χ3v) is 6.55. The molecule has 0 aliphatic carbocycles. The van der Waals surface area contributed by atoms with Crippen LogP contribution in [0.1, 0.15) is 25.8 Å². The minimum atomic E-state index is -0.604. The van der Waals surface area contributed by atoms with E-state index in [4.69, 9.17) is 16.6 Å². The highest BCUT2D eigenvalue weighted by Crippen LogP contribution is 2.41. The number of nitrogens with one attached hydrogen (secondary N) is 2. The maximum absolute atomic E-state index is 14.0. The summed E-state index contributed by atoms with van der Waals surface area (Å²) >= 11 is 7.40. The van der Waals surface area contributed by atoms with Crippen LogP contribution in [0.2, 0.25) is 5.02 Å². The minimum Gasteiger partial charge on any atom is -0.308 e. The molecule has 2 aromatic heterocycles. The molecule has 2 heterocycles. The normalized spacial score (nSPS) is 11.3. The van der Waals surface area contributed by atoms with E-state index < -0.39 is 11.8 Å². The molecule has 8 heteroatoms. The predicted octanol–water partition coefficient (Wildman–Crippen LogP) is 7.61. The smallest absolute Gasteiger partial charge is 0.308 e. The summed E-state index contributed by atoms with van der Waals surface area (Å²) in [5.41, 5.74) is 3.28. The second-order valence-corrected chi connectivity index (χ2v) is 9.90. The van der Waals surface area contributed by atoms with E-state index >= 15 is 0 Å². The van der Waals surface area contributed by atoms with Crippen LogP contribution in [0.4, 0.5) is 20.6 Å². The number of nitrogens with zero attached hydrogens (tertiary/aromatic N) is 2. The first-order chi connectivity index (χ1) is 15.7. The standard InChI is InChI=1S/C25H22ClFN4OS/c1-25(2,3)23-31-21(15-9-11-28-12-10-15)22(33-23)16-5-4-6-18(13-16)29-24(32)30-20-8-7-17(26)14-19(20)27/h4-14H,1-3H3,(H2,29,30,32). The number of pyridine rings is 1. The van der Waals surface area contributed by atoms with Gasteiger partial charge < -0.3 is 10.6 Å². The Labute approximate surface area is 200 Å². The van der Waals surface area contributed by atoms with Crippen molar-refractivity contribution in [2.24, 2.45) is 0 Å².